The van der Waals surface area contributed by atoms with Gasteiger partial charge in [-0.3, -0.25) is 4.79 Å². The molecule has 0 saturated heterocycles. The second kappa shape index (κ2) is 6.92. The Morgan fingerprint density at radius 1 is 1.30 bits per heavy atom. The van der Waals surface area contributed by atoms with E-state index in [2.05, 4.69) is 32.1 Å². The van der Waals surface area contributed by atoms with Crippen molar-refractivity contribution in [2.75, 3.05) is 0 Å². The van der Waals surface area contributed by atoms with Crippen LogP contribution < -0.4 is 0 Å². The molecule has 0 spiro atoms. The van der Waals surface area contributed by atoms with E-state index in [4.69, 9.17) is 5.11 Å². The molecule has 0 aliphatic heterocycles. The van der Waals surface area contributed by atoms with Crippen molar-refractivity contribution < 1.29 is 9.90 Å². The molecule has 2 aliphatic rings. The van der Waals surface area contributed by atoms with Gasteiger partial charge in [-0.2, -0.15) is 0 Å². The number of hydrogen-bond donors (Lipinski definition) is 1. The lowest BCUT2D eigenvalue weighted by Crippen LogP contribution is -2.35. The van der Waals surface area contributed by atoms with E-state index in [0.29, 0.717) is 5.92 Å². The number of carbonyl (C=O) groups is 1. The van der Waals surface area contributed by atoms with Crippen molar-refractivity contribution in [2.45, 2.75) is 39.5 Å². The Morgan fingerprint density at radius 3 is 2.85 bits per heavy atom. The highest BCUT2D eigenvalue weighted by Crippen LogP contribution is 2.46. The maximum absolute atomic E-state index is 10.4. The van der Waals surface area contributed by atoms with Crippen molar-refractivity contribution in [1.82, 2.24) is 0 Å². The summed E-state index contributed by atoms with van der Waals surface area (Å²) < 4.78 is 0. The third kappa shape index (κ3) is 3.84. The van der Waals surface area contributed by atoms with E-state index < -0.39 is 5.97 Å². The van der Waals surface area contributed by atoms with E-state index in [9.17, 15) is 4.79 Å². The van der Waals surface area contributed by atoms with Crippen LogP contribution in [-0.2, 0) is 4.79 Å². The van der Waals surface area contributed by atoms with Gasteiger partial charge in [-0.15, -0.1) is 0 Å². The summed E-state index contributed by atoms with van der Waals surface area (Å²) in [7, 11) is 0. The molecule has 0 aromatic heterocycles. The third-order valence-electron chi connectivity index (χ3n) is 4.78. The molecule has 0 amide bonds. The fourth-order valence-corrected chi connectivity index (χ4v) is 4.11. The molecule has 2 nitrogen and oxygen atoms in total. The first-order valence-electron chi connectivity index (χ1n) is 7.79. The van der Waals surface area contributed by atoms with Gasteiger partial charge in [0.05, 0.1) is 6.42 Å². The van der Waals surface area contributed by atoms with Crippen molar-refractivity contribution in [1.29, 1.82) is 0 Å². The van der Waals surface area contributed by atoms with E-state index in [1.54, 1.807) is 6.08 Å². The minimum absolute atomic E-state index is 0.106. The van der Waals surface area contributed by atoms with Gasteiger partial charge in [0.15, 0.2) is 0 Å². The zero-order chi connectivity index (χ0) is 14.5. The smallest absolute Gasteiger partial charge is 0.307 e. The fraction of sp³-hybridized carbons (Fsp3) is 0.611. The van der Waals surface area contributed by atoms with Crippen LogP contribution in [0.15, 0.2) is 36.5 Å². The summed E-state index contributed by atoms with van der Waals surface area (Å²) in [5, 5.41) is 8.59. The fourth-order valence-electron chi connectivity index (χ4n) is 4.11. The number of rotatable bonds is 4. The van der Waals surface area contributed by atoms with Crippen molar-refractivity contribution in [3.8, 4) is 0 Å². The van der Waals surface area contributed by atoms with Crippen LogP contribution in [0.3, 0.4) is 0 Å². The molecule has 0 heterocycles. The summed E-state index contributed by atoms with van der Waals surface area (Å²) in [5.41, 5.74) is 0. The second-order valence-corrected chi connectivity index (χ2v) is 6.53. The lowest BCUT2D eigenvalue weighted by atomic mass is 9.61. The number of fused-ring (bicyclic) bond motifs is 1. The summed E-state index contributed by atoms with van der Waals surface area (Å²) in [4.78, 5) is 10.4. The van der Waals surface area contributed by atoms with E-state index in [-0.39, 0.29) is 6.42 Å². The van der Waals surface area contributed by atoms with Crippen molar-refractivity contribution in [2.24, 2.45) is 29.6 Å². The van der Waals surface area contributed by atoms with Crippen LogP contribution in [0.2, 0.25) is 0 Å². The monoisotopic (exact) mass is 274 g/mol. The largest absolute Gasteiger partial charge is 0.481 e. The zero-order valence-corrected chi connectivity index (χ0v) is 12.5. The average Bonchev–Trinajstić information content (AvgIpc) is 2.37. The first kappa shape index (κ1) is 15.1. The molecule has 0 radical (unpaired) electrons. The van der Waals surface area contributed by atoms with E-state index in [1.807, 2.05) is 12.2 Å². The van der Waals surface area contributed by atoms with Gasteiger partial charge in [-0.25, -0.2) is 0 Å². The van der Waals surface area contributed by atoms with Crippen molar-refractivity contribution >= 4 is 5.97 Å². The molecule has 2 aliphatic carbocycles. The van der Waals surface area contributed by atoms with Crippen LogP contribution in [-0.4, -0.2) is 11.1 Å². The van der Waals surface area contributed by atoms with Gasteiger partial charge in [-0.05, 0) is 48.9 Å². The van der Waals surface area contributed by atoms with Gasteiger partial charge < -0.3 is 5.11 Å². The minimum Gasteiger partial charge on any atom is -0.481 e. The molecule has 1 N–H and O–H groups in total. The van der Waals surface area contributed by atoms with E-state index in [0.717, 1.165) is 30.1 Å². The third-order valence-corrected chi connectivity index (χ3v) is 4.78. The van der Waals surface area contributed by atoms with Gasteiger partial charge in [0, 0.05) is 0 Å². The highest BCUT2D eigenvalue weighted by Gasteiger charge is 2.37. The number of carboxylic acids is 1. The molecule has 2 rings (SSSR count). The highest BCUT2D eigenvalue weighted by molar-refractivity contribution is 5.68. The molecule has 2 heteroatoms. The lowest BCUT2D eigenvalue weighted by molar-refractivity contribution is -0.136. The average molecular weight is 274 g/mol. The first-order chi connectivity index (χ1) is 9.58. The molecular formula is C18H26O2. The molecule has 0 aromatic rings. The maximum atomic E-state index is 10.4. The quantitative estimate of drug-likeness (QED) is 0.607. The topological polar surface area (TPSA) is 37.3 Å². The van der Waals surface area contributed by atoms with Crippen LogP contribution in [0.1, 0.15) is 39.5 Å². The Morgan fingerprint density at radius 2 is 2.10 bits per heavy atom. The lowest BCUT2D eigenvalue weighted by Gasteiger charge is -2.44. The SMILES string of the molecule is C[C@H]1C[C@@H](C)[C@@H]2[C@@H](C=CC[C@@H]2/C=C/C=C/CC(=O)O)C1. The molecular weight excluding hydrogens is 248 g/mol. The van der Waals surface area contributed by atoms with Crippen LogP contribution in [0, 0.1) is 29.6 Å². The summed E-state index contributed by atoms with van der Waals surface area (Å²) in [6.45, 7) is 4.77. The Kier molecular flexibility index (Phi) is 5.22. The molecule has 1 fully saturated rings. The highest BCUT2D eigenvalue weighted by atomic mass is 16.4. The summed E-state index contributed by atoms with van der Waals surface area (Å²) in [6, 6.07) is 0. The summed E-state index contributed by atoms with van der Waals surface area (Å²) >= 11 is 0. The Balaban J connectivity index is 1.98. The predicted octanol–water partition coefficient (Wildman–Crippen LogP) is 4.45. The molecule has 0 bridgehead atoms. The van der Waals surface area contributed by atoms with Crippen molar-refractivity contribution in [3.05, 3.63) is 36.5 Å². The Hall–Kier alpha value is -1.31. The molecule has 110 valence electrons. The molecule has 0 unspecified atom stereocenters. The molecule has 5 atom stereocenters. The molecule has 0 aromatic carbocycles. The summed E-state index contributed by atoms with van der Waals surface area (Å²) in [6.07, 6.45) is 16.6. The van der Waals surface area contributed by atoms with Crippen molar-refractivity contribution in [3.63, 3.8) is 0 Å². The Bertz CT molecular complexity index is 419. The standard InChI is InChI=1S/C18H26O2/c1-13-11-14(2)18-15(8-6-9-16(18)12-13)7-4-3-5-10-17(19)20/h3-7,9,13-16,18H,8,10-12H2,1-2H3,(H,19,20)/b5-3+,7-4+/t13-,14+,15-,16-,18-/m0/s1. The first-order valence-corrected chi connectivity index (χ1v) is 7.79. The number of aliphatic carboxylic acids is 1. The molecule has 1 saturated carbocycles. The Labute approximate surface area is 122 Å². The van der Waals surface area contributed by atoms with Crippen LogP contribution in [0.5, 0.6) is 0 Å². The zero-order valence-electron chi connectivity index (χ0n) is 12.5. The van der Waals surface area contributed by atoms with Gasteiger partial charge in [0.1, 0.15) is 0 Å². The minimum atomic E-state index is -0.773. The van der Waals surface area contributed by atoms with Crippen LogP contribution >= 0.6 is 0 Å². The van der Waals surface area contributed by atoms with E-state index >= 15 is 0 Å². The number of carboxylic acid groups (broad SMARTS) is 1. The normalized spacial score (nSPS) is 37.4. The van der Waals surface area contributed by atoms with Crippen LogP contribution in [0.4, 0.5) is 0 Å². The summed E-state index contributed by atoms with van der Waals surface area (Å²) in [5.74, 6) is 2.97. The second-order valence-electron chi connectivity index (χ2n) is 6.53. The van der Waals surface area contributed by atoms with Gasteiger partial charge in [0.2, 0.25) is 0 Å². The van der Waals surface area contributed by atoms with Gasteiger partial charge in [0.25, 0.3) is 0 Å². The van der Waals surface area contributed by atoms with Gasteiger partial charge in [-0.1, -0.05) is 50.3 Å². The predicted molar refractivity (Wildman–Crippen MR) is 82.3 cm³/mol. The number of allylic oxidation sites excluding steroid dienone is 5. The van der Waals surface area contributed by atoms with E-state index in [1.165, 1.54) is 12.8 Å². The number of hydrogen-bond acceptors (Lipinski definition) is 1. The van der Waals surface area contributed by atoms with Gasteiger partial charge >= 0.3 is 5.97 Å². The van der Waals surface area contributed by atoms with Crippen LogP contribution in [0.25, 0.3) is 0 Å². The maximum Gasteiger partial charge on any atom is 0.307 e. The molecule has 20 heavy (non-hydrogen) atoms.